The van der Waals surface area contributed by atoms with Crippen LogP contribution in [0.4, 0.5) is 11.5 Å². The van der Waals surface area contributed by atoms with Crippen LogP contribution in [0, 0.1) is 0 Å². The third kappa shape index (κ3) is 3.48. The van der Waals surface area contributed by atoms with Crippen molar-refractivity contribution in [1.82, 2.24) is 9.97 Å². The Hall–Kier alpha value is -2.31. The van der Waals surface area contributed by atoms with E-state index < -0.39 is 0 Å². The summed E-state index contributed by atoms with van der Waals surface area (Å²) in [5.41, 5.74) is 1.57. The summed E-state index contributed by atoms with van der Waals surface area (Å²) in [6, 6.07) is 15.2. The molecule has 0 unspecified atom stereocenters. The number of thioether (sulfide) groups is 1. The minimum absolute atomic E-state index is 0.0684. The van der Waals surface area contributed by atoms with Crippen LogP contribution in [0.2, 0.25) is 5.02 Å². The Balaban J connectivity index is 1.71. The fourth-order valence-corrected chi connectivity index (χ4v) is 4.09. The second kappa shape index (κ2) is 7.13. The van der Waals surface area contributed by atoms with Crippen molar-refractivity contribution in [1.29, 1.82) is 0 Å². The molecule has 4 rings (SSSR count). The molecular weight excluding hydrogens is 370 g/mol. The summed E-state index contributed by atoms with van der Waals surface area (Å²) in [5, 5.41) is 5.04. The van der Waals surface area contributed by atoms with Gasteiger partial charge in [-0.05, 0) is 31.2 Å². The first-order valence-electron chi connectivity index (χ1n) is 8.25. The molecule has 0 aliphatic carbocycles. The molecule has 26 heavy (non-hydrogen) atoms. The van der Waals surface area contributed by atoms with Crippen molar-refractivity contribution in [3.63, 3.8) is 0 Å². The summed E-state index contributed by atoms with van der Waals surface area (Å²) in [6.07, 6.45) is 0.591. The number of fused-ring (bicyclic) bond motifs is 1. The number of hydrogen-bond donors (Lipinski definition) is 1. The van der Waals surface area contributed by atoms with Gasteiger partial charge in [-0.3, -0.25) is 4.79 Å². The summed E-state index contributed by atoms with van der Waals surface area (Å²) in [4.78, 5) is 21.2. The van der Waals surface area contributed by atoms with Crippen molar-refractivity contribution in [2.75, 3.05) is 5.32 Å². The van der Waals surface area contributed by atoms with Crippen LogP contribution in [0.15, 0.2) is 53.7 Å². The number of benzene rings is 2. The van der Waals surface area contributed by atoms with Crippen LogP contribution in [0.3, 0.4) is 0 Å². The molecule has 3 aromatic rings. The largest absolute Gasteiger partial charge is 0.462 e. The molecule has 1 aromatic heterocycles. The number of rotatable bonds is 4. The molecule has 2 heterocycles. The first kappa shape index (κ1) is 17.1. The van der Waals surface area contributed by atoms with E-state index in [-0.39, 0.29) is 17.3 Å². The minimum atomic E-state index is -0.278. The van der Waals surface area contributed by atoms with E-state index in [2.05, 4.69) is 15.3 Å². The number of esters is 1. The van der Waals surface area contributed by atoms with Crippen molar-refractivity contribution >= 4 is 51.7 Å². The lowest BCUT2D eigenvalue weighted by molar-refractivity contribution is -0.140. The second-order valence-corrected chi connectivity index (χ2v) is 7.64. The monoisotopic (exact) mass is 385 g/mol. The molecule has 1 aliphatic heterocycles. The molecule has 1 fully saturated rings. The molecule has 5 nitrogen and oxygen atoms in total. The number of ether oxygens (including phenoxy) is 1. The van der Waals surface area contributed by atoms with Gasteiger partial charge in [-0.2, -0.15) is 0 Å². The zero-order valence-corrected chi connectivity index (χ0v) is 15.6. The summed E-state index contributed by atoms with van der Waals surface area (Å²) in [5.74, 6) is 0.450. The number of hydrogen-bond acceptors (Lipinski definition) is 6. The highest BCUT2D eigenvalue weighted by Crippen LogP contribution is 2.34. The van der Waals surface area contributed by atoms with Crippen LogP contribution >= 0.6 is 23.4 Å². The standard InChI is InChI=1S/C19H16ClN3O2S/c1-11-10-16(18(24)25-11)26-19-22-14-8-4-2-6-12(14)17(23-19)21-15-9-5-3-7-13(15)20/h2-9,11,16H,10H2,1H3,(H,21,22,23)/t11-,16-/m1/s1. The van der Waals surface area contributed by atoms with Crippen LogP contribution < -0.4 is 5.32 Å². The molecule has 0 bridgehead atoms. The van der Waals surface area contributed by atoms with Crippen LogP contribution in [0.1, 0.15) is 13.3 Å². The first-order chi connectivity index (χ1) is 12.6. The van der Waals surface area contributed by atoms with Crippen LogP contribution in [-0.2, 0) is 9.53 Å². The van der Waals surface area contributed by atoms with E-state index in [9.17, 15) is 4.79 Å². The van der Waals surface area contributed by atoms with E-state index in [1.54, 1.807) is 0 Å². The summed E-state index contributed by atoms with van der Waals surface area (Å²) in [7, 11) is 0. The Morgan fingerprint density at radius 1 is 1.15 bits per heavy atom. The van der Waals surface area contributed by atoms with Crippen LogP contribution in [-0.4, -0.2) is 27.3 Å². The van der Waals surface area contributed by atoms with Crippen molar-refractivity contribution in [2.45, 2.75) is 29.9 Å². The predicted molar refractivity (Wildman–Crippen MR) is 104 cm³/mol. The molecule has 1 saturated heterocycles. The van der Waals surface area contributed by atoms with Gasteiger partial charge >= 0.3 is 5.97 Å². The molecule has 2 aromatic carbocycles. The van der Waals surface area contributed by atoms with Gasteiger partial charge in [-0.25, -0.2) is 9.97 Å². The third-order valence-corrected chi connectivity index (χ3v) is 5.48. The average molecular weight is 386 g/mol. The number of cyclic esters (lactones) is 1. The predicted octanol–water partition coefficient (Wildman–Crippen LogP) is 4.82. The molecular formula is C19H16ClN3O2S. The maximum atomic E-state index is 11.9. The number of para-hydroxylation sites is 2. The molecule has 0 saturated carbocycles. The Labute approximate surface area is 160 Å². The lowest BCUT2D eigenvalue weighted by Crippen LogP contribution is -2.10. The highest BCUT2D eigenvalue weighted by molar-refractivity contribution is 8.00. The van der Waals surface area contributed by atoms with Gasteiger partial charge in [-0.15, -0.1) is 0 Å². The Morgan fingerprint density at radius 2 is 1.92 bits per heavy atom. The fraction of sp³-hybridized carbons (Fsp3) is 0.211. The number of nitrogens with zero attached hydrogens (tertiary/aromatic N) is 2. The topological polar surface area (TPSA) is 64.1 Å². The van der Waals surface area contributed by atoms with E-state index >= 15 is 0 Å². The molecule has 132 valence electrons. The van der Waals surface area contributed by atoms with Gasteiger partial charge in [0, 0.05) is 11.8 Å². The van der Waals surface area contributed by atoms with E-state index in [4.69, 9.17) is 16.3 Å². The van der Waals surface area contributed by atoms with E-state index in [0.29, 0.717) is 22.4 Å². The van der Waals surface area contributed by atoms with Crippen molar-refractivity contribution in [3.05, 3.63) is 53.6 Å². The number of carbonyl (C=O) groups is 1. The normalized spacial score (nSPS) is 19.5. The third-order valence-electron chi connectivity index (χ3n) is 4.08. The maximum absolute atomic E-state index is 11.9. The van der Waals surface area contributed by atoms with Gasteiger partial charge in [0.2, 0.25) is 0 Å². The molecule has 0 amide bonds. The van der Waals surface area contributed by atoms with Gasteiger partial charge < -0.3 is 10.1 Å². The fourth-order valence-electron chi connectivity index (χ4n) is 2.84. The maximum Gasteiger partial charge on any atom is 0.319 e. The number of carbonyl (C=O) groups excluding carboxylic acids is 1. The number of halogens is 1. The smallest absolute Gasteiger partial charge is 0.319 e. The van der Waals surface area contributed by atoms with Crippen molar-refractivity contribution < 1.29 is 9.53 Å². The van der Waals surface area contributed by atoms with Gasteiger partial charge in [-0.1, -0.05) is 47.6 Å². The Morgan fingerprint density at radius 3 is 2.69 bits per heavy atom. The zero-order chi connectivity index (χ0) is 18.1. The lowest BCUT2D eigenvalue weighted by Gasteiger charge is -2.12. The summed E-state index contributed by atoms with van der Waals surface area (Å²) < 4.78 is 5.23. The van der Waals surface area contributed by atoms with Gasteiger partial charge in [0.05, 0.1) is 16.2 Å². The number of nitrogens with one attached hydrogen (secondary N) is 1. The minimum Gasteiger partial charge on any atom is -0.462 e. The van der Waals surface area contributed by atoms with Crippen LogP contribution in [0.5, 0.6) is 0 Å². The Bertz CT molecular complexity index is 982. The Kier molecular flexibility index (Phi) is 4.70. The molecule has 1 N–H and O–H groups in total. The van der Waals surface area contributed by atoms with E-state index in [0.717, 1.165) is 16.6 Å². The van der Waals surface area contributed by atoms with Gasteiger partial charge in [0.25, 0.3) is 0 Å². The molecule has 0 spiro atoms. The highest BCUT2D eigenvalue weighted by Gasteiger charge is 2.33. The van der Waals surface area contributed by atoms with Gasteiger partial charge in [0.1, 0.15) is 17.2 Å². The highest BCUT2D eigenvalue weighted by atomic mass is 35.5. The summed E-state index contributed by atoms with van der Waals surface area (Å²) >= 11 is 7.60. The first-order valence-corrected chi connectivity index (χ1v) is 9.51. The molecule has 2 atom stereocenters. The molecule has 7 heteroatoms. The molecule has 0 radical (unpaired) electrons. The number of anilines is 2. The lowest BCUT2D eigenvalue weighted by atomic mass is 10.2. The average Bonchev–Trinajstić information content (AvgIpc) is 2.94. The van der Waals surface area contributed by atoms with E-state index in [1.807, 2.05) is 55.5 Å². The van der Waals surface area contributed by atoms with Crippen molar-refractivity contribution in [2.24, 2.45) is 0 Å². The van der Waals surface area contributed by atoms with Crippen molar-refractivity contribution in [3.8, 4) is 0 Å². The zero-order valence-electron chi connectivity index (χ0n) is 14.0. The number of aromatic nitrogens is 2. The second-order valence-electron chi connectivity index (χ2n) is 6.07. The molecule has 1 aliphatic rings. The van der Waals surface area contributed by atoms with E-state index in [1.165, 1.54) is 11.8 Å². The quantitative estimate of drug-likeness (QED) is 0.513. The van der Waals surface area contributed by atoms with Crippen LogP contribution in [0.25, 0.3) is 10.9 Å². The van der Waals surface area contributed by atoms with Gasteiger partial charge in [0.15, 0.2) is 5.16 Å². The summed E-state index contributed by atoms with van der Waals surface area (Å²) in [6.45, 7) is 1.89. The SMILES string of the molecule is C[C@@H]1C[C@@H](Sc2nc(Nc3ccccc3Cl)c3ccccc3n2)C(=O)O1.